The van der Waals surface area contributed by atoms with Gasteiger partial charge in [0, 0.05) is 32.7 Å². The van der Waals surface area contributed by atoms with Crippen molar-refractivity contribution in [3.05, 3.63) is 92.9 Å². The molecule has 0 aliphatic heterocycles. The van der Waals surface area contributed by atoms with Crippen molar-refractivity contribution in [2.75, 3.05) is 10.8 Å². The molecule has 3 aromatic rings. The number of nitrogens with zero attached hydrogens (tertiary/aromatic N) is 2. The summed E-state index contributed by atoms with van der Waals surface area (Å²) in [5.41, 5.74) is 0.706. The van der Waals surface area contributed by atoms with Gasteiger partial charge in [0.1, 0.15) is 12.6 Å². The molecule has 0 fully saturated rings. The first kappa shape index (κ1) is 31.7. The summed E-state index contributed by atoms with van der Waals surface area (Å²) in [6, 6.07) is 16.6. The second kappa shape index (κ2) is 12.8. The van der Waals surface area contributed by atoms with Crippen LogP contribution in [0.5, 0.6) is 0 Å². The Bertz CT molecular complexity index is 1470. The SMILES string of the molecule is Cc1ccc(Cl)cc1N(CC(=O)N(Cc1c(Cl)cccc1Cl)[C@@H](C)C(=O)NC(C)(C)C)S(=O)(=O)c1ccccc1. The molecule has 2 amide bonds. The highest BCUT2D eigenvalue weighted by Crippen LogP contribution is 2.31. The van der Waals surface area contributed by atoms with Crippen molar-refractivity contribution in [3.8, 4) is 0 Å². The van der Waals surface area contributed by atoms with Gasteiger partial charge in [-0.3, -0.25) is 13.9 Å². The van der Waals surface area contributed by atoms with Crippen LogP contribution in [0.3, 0.4) is 0 Å². The van der Waals surface area contributed by atoms with E-state index in [4.69, 9.17) is 34.8 Å². The van der Waals surface area contributed by atoms with Gasteiger partial charge in [-0.2, -0.15) is 0 Å². The van der Waals surface area contributed by atoms with Crippen LogP contribution in [0.1, 0.15) is 38.8 Å². The third-order valence-corrected chi connectivity index (χ3v) is 8.82. The largest absolute Gasteiger partial charge is 0.350 e. The van der Waals surface area contributed by atoms with Gasteiger partial charge < -0.3 is 10.2 Å². The van der Waals surface area contributed by atoms with Crippen molar-refractivity contribution in [2.24, 2.45) is 0 Å². The zero-order valence-corrected chi connectivity index (χ0v) is 26.0. The Hall–Kier alpha value is -2.78. The van der Waals surface area contributed by atoms with Gasteiger partial charge in [-0.05, 0) is 76.6 Å². The number of halogens is 3. The van der Waals surface area contributed by atoms with Crippen LogP contribution >= 0.6 is 34.8 Å². The van der Waals surface area contributed by atoms with Crippen LogP contribution in [0.25, 0.3) is 0 Å². The topological polar surface area (TPSA) is 86.8 Å². The van der Waals surface area contributed by atoms with Gasteiger partial charge in [-0.1, -0.05) is 65.1 Å². The lowest BCUT2D eigenvalue weighted by Gasteiger charge is -2.34. The lowest BCUT2D eigenvalue weighted by atomic mass is 10.1. The fraction of sp³-hybridized carbons (Fsp3) is 0.310. The van der Waals surface area contributed by atoms with Crippen LogP contribution in [-0.4, -0.2) is 43.3 Å². The zero-order chi connectivity index (χ0) is 29.8. The van der Waals surface area contributed by atoms with Crippen molar-refractivity contribution < 1.29 is 18.0 Å². The maximum Gasteiger partial charge on any atom is 0.264 e. The van der Waals surface area contributed by atoms with E-state index in [9.17, 15) is 18.0 Å². The summed E-state index contributed by atoms with van der Waals surface area (Å²) in [5.74, 6) is -1.05. The Morgan fingerprint density at radius 3 is 2.10 bits per heavy atom. The van der Waals surface area contributed by atoms with Crippen LogP contribution in [0.4, 0.5) is 5.69 Å². The first-order chi connectivity index (χ1) is 18.6. The summed E-state index contributed by atoms with van der Waals surface area (Å²) in [6.07, 6.45) is 0. The molecule has 0 saturated heterocycles. The first-order valence-corrected chi connectivity index (χ1v) is 15.1. The summed E-state index contributed by atoms with van der Waals surface area (Å²) in [5, 5.41) is 3.81. The van der Waals surface area contributed by atoms with Crippen LogP contribution < -0.4 is 9.62 Å². The van der Waals surface area contributed by atoms with Crippen molar-refractivity contribution >= 4 is 62.3 Å². The molecule has 214 valence electrons. The predicted molar refractivity (Wildman–Crippen MR) is 162 cm³/mol. The molecule has 0 aliphatic rings. The number of sulfonamides is 1. The molecular formula is C29H32Cl3N3O4S. The summed E-state index contributed by atoms with van der Waals surface area (Å²) in [7, 11) is -4.21. The number of anilines is 1. The Morgan fingerprint density at radius 2 is 1.52 bits per heavy atom. The third kappa shape index (κ3) is 7.69. The minimum atomic E-state index is -4.21. The van der Waals surface area contributed by atoms with E-state index in [0.29, 0.717) is 26.2 Å². The molecule has 11 heteroatoms. The molecule has 0 unspecified atom stereocenters. The van der Waals surface area contributed by atoms with E-state index in [2.05, 4.69) is 5.32 Å². The van der Waals surface area contributed by atoms with E-state index in [1.165, 1.54) is 23.1 Å². The van der Waals surface area contributed by atoms with E-state index in [1.54, 1.807) is 62.4 Å². The quantitative estimate of drug-likeness (QED) is 0.295. The van der Waals surface area contributed by atoms with Crippen molar-refractivity contribution in [3.63, 3.8) is 0 Å². The molecule has 0 heterocycles. The van der Waals surface area contributed by atoms with Crippen LogP contribution in [0, 0.1) is 6.92 Å². The third-order valence-electron chi connectivity index (χ3n) is 6.11. The Balaban J connectivity index is 2.11. The number of aryl methyl sites for hydroxylation is 1. The Morgan fingerprint density at radius 1 is 0.925 bits per heavy atom. The van der Waals surface area contributed by atoms with Crippen LogP contribution in [0.15, 0.2) is 71.6 Å². The van der Waals surface area contributed by atoms with E-state index in [0.717, 1.165) is 4.31 Å². The summed E-state index contributed by atoms with van der Waals surface area (Å²) >= 11 is 19.1. The van der Waals surface area contributed by atoms with E-state index in [-0.39, 0.29) is 17.1 Å². The molecule has 0 radical (unpaired) electrons. The maximum atomic E-state index is 14.1. The highest BCUT2D eigenvalue weighted by molar-refractivity contribution is 7.92. The normalized spacial score (nSPS) is 12.5. The number of nitrogens with one attached hydrogen (secondary N) is 1. The molecule has 0 saturated carbocycles. The number of carbonyl (C=O) groups is 2. The van der Waals surface area contributed by atoms with Crippen molar-refractivity contribution in [2.45, 2.75) is 57.6 Å². The predicted octanol–water partition coefficient (Wildman–Crippen LogP) is 6.48. The lowest BCUT2D eigenvalue weighted by Crippen LogP contribution is -2.54. The lowest BCUT2D eigenvalue weighted by molar-refractivity contribution is -0.140. The number of hydrogen-bond donors (Lipinski definition) is 1. The van der Waals surface area contributed by atoms with E-state index >= 15 is 0 Å². The Kier molecular flexibility index (Phi) is 10.2. The van der Waals surface area contributed by atoms with Gasteiger partial charge in [0.2, 0.25) is 11.8 Å². The van der Waals surface area contributed by atoms with E-state index < -0.39 is 40.0 Å². The maximum absolute atomic E-state index is 14.1. The standard InChI is InChI=1S/C29H32Cl3N3O4S/c1-19-14-15-21(30)16-26(19)35(40(38,39)22-10-7-6-8-11-22)18-27(36)34(20(2)28(37)33-29(3,4)5)17-23-24(31)12-9-13-25(23)32/h6-16,20H,17-18H2,1-5H3,(H,33,37)/t20-/m0/s1. The van der Waals surface area contributed by atoms with Crippen LogP contribution in [-0.2, 0) is 26.2 Å². The fourth-order valence-electron chi connectivity index (χ4n) is 3.99. The van der Waals surface area contributed by atoms with Crippen molar-refractivity contribution in [1.29, 1.82) is 0 Å². The van der Waals surface area contributed by atoms with Gasteiger partial charge in [0.25, 0.3) is 10.0 Å². The van der Waals surface area contributed by atoms with Gasteiger partial charge >= 0.3 is 0 Å². The monoisotopic (exact) mass is 623 g/mol. The van der Waals surface area contributed by atoms with E-state index in [1.807, 2.05) is 20.8 Å². The smallest absolute Gasteiger partial charge is 0.264 e. The number of amides is 2. The van der Waals surface area contributed by atoms with Gasteiger partial charge in [0.15, 0.2) is 0 Å². The minimum Gasteiger partial charge on any atom is -0.350 e. The molecule has 0 bridgehead atoms. The average molecular weight is 625 g/mol. The molecule has 0 aliphatic carbocycles. The molecule has 1 atom stereocenters. The molecule has 0 spiro atoms. The first-order valence-electron chi connectivity index (χ1n) is 12.5. The molecule has 0 aromatic heterocycles. The summed E-state index contributed by atoms with van der Waals surface area (Å²) in [6.45, 7) is 8.05. The zero-order valence-electron chi connectivity index (χ0n) is 22.9. The minimum absolute atomic E-state index is 0.00129. The summed E-state index contributed by atoms with van der Waals surface area (Å²) in [4.78, 5) is 28.6. The molecule has 3 aromatic carbocycles. The number of carbonyl (C=O) groups excluding carboxylic acids is 2. The van der Waals surface area contributed by atoms with Gasteiger partial charge in [-0.15, -0.1) is 0 Å². The summed E-state index contributed by atoms with van der Waals surface area (Å²) < 4.78 is 28.8. The highest BCUT2D eigenvalue weighted by Gasteiger charge is 2.34. The van der Waals surface area contributed by atoms with Gasteiger partial charge in [0.05, 0.1) is 10.6 Å². The molecule has 40 heavy (non-hydrogen) atoms. The highest BCUT2D eigenvalue weighted by atomic mass is 35.5. The molecule has 7 nitrogen and oxygen atoms in total. The van der Waals surface area contributed by atoms with Crippen molar-refractivity contribution in [1.82, 2.24) is 10.2 Å². The number of rotatable bonds is 9. The van der Waals surface area contributed by atoms with Crippen LogP contribution in [0.2, 0.25) is 15.1 Å². The second-order valence-electron chi connectivity index (χ2n) is 10.4. The molecule has 3 rings (SSSR count). The van der Waals surface area contributed by atoms with Gasteiger partial charge in [-0.25, -0.2) is 8.42 Å². The fourth-order valence-corrected chi connectivity index (χ4v) is 6.17. The number of benzene rings is 3. The average Bonchev–Trinajstić information content (AvgIpc) is 2.87. The Labute approximate surface area is 251 Å². The number of hydrogen-bond acceptors (Lipinski definition) is 4. The second-order valence-corrected chi connectivity index (χ2v) is 13.5. The molecular weight excluding hydrogens is 593 g/mol. The molecule has 1 N–H and O–H groups in total.